The Bertz CT molecular complexity index is 1370. The summed E-state index contributed by atoms with van der Waals surface area (Å²) in [6, 6.07) is 0. The molecule has 0 rings (SSSR count). The number of carbonyl (C=O) groups is 3. The lowest BCUT2D eigenvalue weighted by Gasteiger charge is -2.18. The maximum absolute atomic E-state index is 12.7. The molecule has 354 valence electrons. The summed E-state index contributed by atoms with van der Waals surface area (Å²) in [7, 11) is 0. The number of allylic oxidation sites excluding steroid dienone is 20. The lowest BCUT2D eigenvalue weighted by molar-refractivity contribution is -0.167. The third kappa shape index (κ3) is 48.7. The van der Waals surface area contributed by atoms with E-state index in [9.17, 15) is 14.4 Å². The maximum Gasteiger partial charge on any atom is 0.306 e. The van der Waals surface area contributed by atoms with E-state index < -0.39 is 12.1 Å². The second kappa shape index (κ2) is 50.5. The van der Waals surface area contributed by atoms with Crippen LogP contribution in [0.5, 0.6) is 0 Å². The second-order valence-electron chi connectivity index (χ2n) is 16.2. The van der Waals surface area contributed by atoms with Crippen LogP contribution < -0.4 is 0 Å². The van der Waals surface area contributed by atoms with Gasteiger partial charge in [-0.25, -0.2) is 0 Å². The molecule has 0 spiro atoms. The fourth-order valence-corrected chi connectivity index (χ4v) is 6.50. The molecule has 0 bridgehead atoms. The van der Waals surface area contributed by atoms with Gasteiger partial charge in [0.2, 0.25) is 0 Å². The Labute approximate surface area is 386 Å². The Hall–Kier alpha value is -4.19. The Morgan fingerprint density at radius 2 is 0.619 bits per heavy atom. The summed E-state index contributed by atoms with van der Waals surface area (Å²) in [4.78, 5) is 37.9. The van der Waals surface area contributed by atoms with Gasteiger partial charge in [-0.05, 0) is 44.9 Å². The third-order valence-corrected chi connectivity index (χ3v) is 10.2. The monoisotopic (exact) mass is 871 g/mol. The first-order valence-corrected chi connectivity index (χ1v) is 25.2. The summed E-state index contributed by atoms with van der Waals surface area (Å²) >= 11 is 0. The predicted molar refractivity (Wildman–Crippen MR) is 269 cm³/mol. The van der Waals surface area contributed by atoms with Crippen LogP contribution in [0.1, 0.15) is 201 Å². The number of esters is 3. The molecule has 63 heavy (non-hydrogen) atoms. The molecule has 6 heteroatoms. The van der Waals surface area contributed by atoms with Crippen LogP contribution in [-0.2, 0) is 28.6 Å². The van der Waals surface area contributed by atoms with Crippen molar-refractivity contribution in [2.24, 2.45) is 0 Å². The van der Waals surface area contributed by atoms with Crippen molar-refractivity contribution in [2.45, 2.75) is 207 Å². The minimum absolute atomic E-state index is 0.131. The van der Waals surface area contributed by atoms with Gasteiger partial charge in [0, 0.05) is 19.3 Å². The fraction of sp³-hybridized carbons (Fsp3) is 0.596. The SMILES string of the molecule is CC/C=C/C=C/C=C/C=C/C=C/CCCC(=O)OCC(COC(=O)CCCCCCCCCCCCCCCCCCCCC)OC(=O)CCC/C=C/C=C/C=C/C=C/C=C/CC. The van der Waals surface area contributed by atoms with Gasteiger partial charge >= 0.3 is 17.9 Å². The van der Waals surface area contributed by atoms with Gasteiger partial charge < -0.3 is 14.2 Å². The van der Waals surface area contributed by atoms with Crippen LogP contribution >= 0.6 is 0 Å². The van der Waals surface area contributed by atoms with Crippen LogP contribution in [-0.4, -0.2) is 37.2 Å². The normalized spacial score (nSPS) is 13.1. The molecule has 0 amide bonds. The lowest BCUT2D eigenvalue weighted by Crippen LogP contribution is -2.30. The summed E-state index contributed by atoms with van der Waals surface area (Å²) in [5.74, 6) is -1.09. The van der Waals surface area contributed by atoms with Crippen LogP contribution in [0.3, 0.4) is 0 Å². The molecule has 0 aromatic heterocycles. The van der Waals surface area contributed by atoms with E-state index in [4.69, 9.17) is 14.2 Å². The van der Waals surface area contributed by atoms with E-state index in [-0.39, 0.29) is 38.0 Å². The number of ether oxygens (including phenoxy) is 3. The summed E-state index contributed by atoms with van der Waals surface area (Å²) < 4.78 is 16.6. The van der Waals surface area contributed by atoms with Crippen LogP contribution in [0.4, 0.5) is 0 Å². The van der Waals surface area contributed by atoms with Gasteiger partial charge in [-0.3, -0.25) is 14.4 Å². The number of rotatable bonds is 43. The van der Waals surface area contributed by atoms with Crippen molar-refractivity contribution in [2.75, 3.05) is 13.2 Å². The zero-order chi connectivity index (χ0) is 45.8. The first-order chi connectivity index (χ1) is 31.0. The average Bonchev–Trinajstić information content (AvgIpc) is 3.28. The largest absolute Gasteiger partial charge is 0.462 e. The summed E-state index contributed by atoms with van der Waals surface area (Å²) in [6.45, 7) is 6.21. The van der Waals surface area contributed by atoms with Crippen LogP contribution in [0, 0.1) is 0 Å². The minimum atomic E-state index is -0.845. The highest BCUT2D eigenvalue weighted by Gasteiger charge is 2.19. The molecule has 0 aliphatic rings. The van der Waals surface area contributed by atoms with Gasteiger partial charge in [0.05, 0.1) is 0 Å². The molecule has 0 radical (unpaired) electrons. The van der Waals surface area contributed by atoms with Crippen LogP contribution in [0.15, 0.2) is 122 Å². The topological polar surface area (TPSA) is 78.9 Å². The van der Waals surface area contributed by atoms with Gasteiger partial charge in [0.1, 0.15) is 13.2 Å². The molecule has 6 nitrogen and oxygen atoms in total. The Kier molecular flexibility index (Phi) is 47.1. The zero-order valence-corrected chi connectivity index (χ0v) is 40.3. The van der Waals surface area contributed by atoms with Gasteiger partial charge in [-0.2, -0.15) is 0 Å². The van der Waals surface area contributed by atoms with Crippen LogP contribution in [0.25, 0.3) is 0 Å². The summed E-state index contributed by atoms with van der Waals surface area (Å²) in [5.41, 5.74) is 0. The van der Waals surface area contributed by atoms with Gasteiger partial charge in [0.25, 0.3) is 0 Å². The van der Waals surface area contributed by atoms with Crippen molar-refractivity contribution < 1.29 is 28.6 Å². The maximum atomic E-state index is 12.7. The molecule has 0 aliphatic heterocycles. The van der Waals surface area contributed by atoms with E-state index in [1.165, 1.54) is 103 Å². The Balaban J connectivity index is 4.51. The summed E-state index contributed by atoms with van der Waals surface area (Å²) in [6.07, 6.45) is 69.2. The van der Waals surface area contributed by atoms with Crippen molar-refractivity contribution in [3.63, 3.8) is 0 Å². The highest BCUT2D eigenvalue weighted by Crippen LogP contribution is 2.15. The number of hydrogen-bond donors (Lipinski definition) is 0. The molecule has 0 fully saturated rings. The van der Waals surface area contributed by atoms with Gasteiger partial charge in [-0.15, -0.1) is 0 Å². The highest BCUT2D eigenvalue weighted by atomic mass is 16.6. The highest BCUT2D eigenvalue weighted by molar-refractivity contribution is 5.71. The van der Waals surface area contributed by atoms with Gasteiger partial charge in [-0.1, -0.05) is 258 Å². The first-order valence-electron chi connectivity index (χ1n) is 25.2. The quantitative estimate of drug-likeness (QED) is 0.0263. The van der Waals surface area contributed by atoms with Crippen LogP contribution in [0.2, 0.25) is 0 Å². The molecular formula is C57H90O6. The van der Waals surface area contributed by atoms with Crippen molar-refractivity contribution in [1.82, 2.24) is 0 Å². The van der Waals surface area contributed by atoms with E-state index in [0.717, 1.165) is 38.5 Å². The predicted octanol–water partition coefficient (Wildman–Crippen LogP) is 16.5. The van der Waals surface area contributed by atoms with E-state index in [1.807, 2.05) is 109 Å². The Morgan fingerprint density at radius 3 is 0.968 bits per heavy atom. The van der Waals surface area contributed by atoms with E-state index in [2.05, 4.69) is 32.9 Å². The smallest absolute Gasteiger partial charge is 0.306 e. The van der Waals surface area contributed by atoms with Gasteiger partial charge in [0.15, 0.2) is 6.10 Å². The molecule has 0 aromatic rings. The molecule has 1 unspecified atom stereocenters. The third-order valence-electron chi connectivity index (χ3n) is 10.2. The fourth-order valence-electron chi connectivity index (χ4n) is 6.50. The standard InChI is InChI=1S/C57H90O6/c1-4-7-10-13-16-19-22-25-26-27-28-29-30-33-35-38-41-44-47-50-56(59)62-53-54(63-57(60)51-48-45-42-39-36-32-24-21-18-15-12-9-6-3)52-61-55(58)49-46-43-40-37-34-31-23-20-17-14-11-8-5-2/h8-9,11-12,14-15,17-18,20-21,23-24,31-32,34,36-37,39-40,42,54H,4-7,10,13,16,19,22,25-30,33,35,38,41,43-53H2,1-3H3/b11-8+,12-9+,17-14+,18-15+,23-20+,24-21+,34-31+,36-32+,40-37+,42-39+. The molecule has 0 aliphatic carbocycles. The summed E-state index contributed by atoms with van der Waals surface area (Å²) in [5, 5.41) is 0. The molecule has 0 heterocycles. The van der Waals surface area contributed by atoms with Crippen molar-refractivity contribution in [1.29, 1.82) is 0 Å². The molecule has 0 N–H and O–H groups in total. The molecule has 0 saturated heterocycles. The van der Waals surface area contributed by atoms with Crippen molar-refractivity contribution in [3.05, 3.63) is 122 Å². The van der Waals surface area contributed by atoms with E-state index >= 15 is 0 Å². The lowest BCUT2D eigenvalue weighted by atomic mass is 10.0. The average molecular weight is 871 g/mol. The molecule has 1 atom stereocenters. The first kappa shape index (κ1) is 58.8. The van der Waals surface area contributed by atoms with E-state index in [0.29, 0.717) is 25.7 Å². The number of unbranched alkanes of at least 4 members (excludes halogenated alkanes) is 20. The zero-order valence-electron chi connectivity index (χ0n) is 40.3. The number of hydrogen-bond acceptors (Lipinski definition) is 6. The Morgan fingerprint density at radius 1 is 0.333 bits per heavy atom. The number of carbonyl (C=O) groups excluding carboxylic acids is 3. The molecular weight excluding hydrogens is 781 g/mol. The minimum Gasteiger partial charge on any atom is -0.462 e. The molecule has 0 aromatic carbocycles. The molecule has 0 saturated carbocycles. The van der Waals surface area contributed by atoms with Crippen molar-refractivity contribution >= 4 is 17.9 Å². The van der Waals surface area contributed by atoms with Crippen molar-refractivity contribution in [3.8, 4) is 0 Å². The second-order valence-corrected chi connectivity index (χ2v) is 16.2. The van der Waals surface area contributed by atoms with E-state index in [1.54, 1.807) is 0 Å².